The predicted octanol–water partition coefficient (Wildman–Crippen LogP) is 2.25. The highest BCUT2D eigenvalue weighted by molar-refractivity contribution is 5.16. The number of furan rings is 1. The Bertz CT molecular complexity index is 312. The SMILES string of the molecule is CCCNCc1ccoc1CN(CC)CCOC. The summed E-state index contributed by atoms with van der Waals surface area (Å²) in [6.07, 6.45) is 2.94. The van der Waals surface area contributed by atoms with Crippen molar-refractivity contribution in [2.75, 3.05) is 33.4 Å². The zero-order chi connectivity index (χ0) is 13.2. The summed E-state index contributed by atoms with van der Waals surface area (Å²) >= 11 is 0. The maximum Gasteiger partial charge on any atom is 0.122 e. The summed E-state index contributed by atoms with van der Waals surface area (Å²) in [6.45, 7) is 9.84. The number of hydrogen-bond acceptors (Lipinski definition) is 4. The molecule has 0 aromatic carbocycles. The second kappa shape index (κ2) is 9.14. The van der Waals surface area contributed by atoms with Crippen LogP contribution in [0.25, 0.3) is 0 Å². The third kappa shape index (κ3) is 5.21. The molecule has 1 N–H and O–H groups in total. The van der Waals surface area contributed by atoms with Gasteiger partial charge in [0.2, 0.25) is 0 Å². The Labute approximate surface area is 110 Å². The zero-order valence-corrected chi connectivity index (χ0v) is 11.9. The quantitative estimate of drug-likeness (QED) is 0.650. The highest BCUT2D eigenvalue weighted by Gasteiger charge is 2.10. The molecule has 0 amide bonds. The second-order valence-corrected chi connectivity index (χ2v) is 4.41. The third-order valence-electron chi connectivity index (χ3n) is 3.01. The minimum Gasteiger partial charge on any atom is -0.468 e. The standard InChI is InChI=1S/C14H26N2O2/c1-4-7-15-11-13-6-9-18-14(13)12-16(5-2)8-10-17-3/h6,9,15H,4-5,7-8,10-12H2,1-3H3. The average molecular weight is 254 g/mol. The summed E-state index contributed by atoms with van der Waals surface area (Å²) in [5.41, 5.74) is 1.26. The van der Waals surface area contributed by atoms with Crippen LogP contribution in [-0.4, -0.2) is 38.3 Å². The van der Waals surface area contributed by atoms with E-state index in [0.29, 0.717) is 0 Å². The molecule has 0 aliphatic rings. The molecular formula is C14H26N2O2. The zero-order valence-electron chi connectivity index (χ0n) is 11.9. The van der Waals surface area contributed by atoms with Gasteiger partial charge in [0.1, 0.15) is 5.76 Å². The Balaban J connectivity index is 2.46. The van der Waals surface area contributed by atoms with Gasteiger partial charge in [-0.2, -0.15) is 0 Å². The molecule has 0 unspecified atom stereocenters. The molecular weight excluding hydrogens is 228 g/mol. The van der Waals surface area contributed by atoms with Crippen LogP contribution in [0.3, 0.4) is 0 Å². The van der Waals surface area contributed by atoms with Crippen molar-refractivity contribution in [1.29, 1.82) is 0 Å². The molecule has 1 heterocycles. The van der Waals surface area contributed by atoms with Gasteiger partial charge in [0.05, 0.1) is 19.4 Å². The van der Waals surface area contributed by atoms with E-state index in [1.54, 1.807) is 13.4 Å². The Morgan fingerprint density at radius 2 is 2.22 bits per heavy atom. The van der Waals surface area contributed by atoms with Crippen molar-refractivity contribution in [2.24, 2.45) is 0 Å². The van der Waals surface area contributed by atoms with E-state index in [2.05, 4.69) is 30.1 Å². The molecule has 0 aliphatic heterocycles. The topological polar surface area (TPSA) is 37.6 Å². The van der Waals surface area contributed by atoms with Gasteiger partial charge in [-0.25, -0.2) is 0 Å². The fourth-order valence-corrected chi connectivity index (χ4v) is 1.84. The normalized spacial score (nSPS) is 11.3. The van der Waals surface area contributed by atoms with Crippen molar-refractivity contribution in [1.82, 2.24) is 10.2 Å². The van der Waals surface area contributed by atoms with Gasteiger partial charge in [-0.05, 0) is 25.6 Å². The van der Waals surface area contributed by atoms with E-state index in [1.807, 2.05) is 0 Å². The van der Waals surface area contributed by atoms with Gasteiger partial charge < -0.3 is 14.5 Å². The molecule has 0 radical (unpaired) electrons. The molecule has 1 rings (SSSR count). The van der Waals surface area contributed by atoms with Crippen LogP contribution >= 0.6 is 0 Å². The van der Waals surface area contributed by atoms with Crippen LogP contribution in [0.15, 0.2) is 16.7 Å². The highest BCUT2D eigenvalue weighted by atomic mass is 16.5. The first kappa shape index (κ1) is 15.2. The fraction of sp³-hybridized carbons (Fsp3) is 0.714. The fourth-order valence-electron chi connectivity index (χ4n) is 1.84. The van der Waals surface area contributed by atoms with Gasteiger partial charge in [-0.1, -0.05) is 13.8 Å². The minimum atomic E-state index is 0.762. The molecule has 0 saturated heterocycles. The molecule has 0 atom stereocenters. The van der Waals surface area contributed by atoms with E-state index in [9.17, 15) is 0 Å². The van der Waals surface area contributed by atoms with E-state index in [4.69, 9.17) is 9.15 Å². The summed E-state index contributed by atoms with van der Waals surface area (Å²) in [4.78, 5) is 2.33. The summed E-state index contributed by atoms with van der Waals surface area (Å²) in [5.74, 6) is 1.07. The Hall–Kier alpha value is -0.840. The average Bonchev–Trinajstić information content (AvgIpc) is 2.82. The molecule has 1 aromatic heterocycles. The summed E-state index contributed by atoms with van der Waals surface area (Å²) in [6, 6.07) is 2.06. The molecule has 4 heteroatoms. The first-order valence-corrected chi connectivity index (χ1v) is 6.79. The van der Waals surface area contributed by atoms with Crippen molar-refractivity contribution < 1.29 is 9.15 Å². The molecule has 0 spiro atoms. The lowest BCUT2D eigenvalue weighted by Gasteiger charge is -2.19. The van der Waals surface area contributed by atoms with Crippen molar-refractivity contribution in [2.45, 2.75) is 33.4 Å². The monoisotopic (exact) mass is 254 g/mol. The highest BCUT2D eigenvalue weighted by Crippen LogP contribution is 2.13. The van der Waals surface area contributed by atoms with Crippen LogP contribution in [0.4, 0.5) is 0 Å². The van der Waals surface area contributed by atoms with E-state index in [-0.39, 0.29) is 0 Å². The first-order valence-electron chi connectivity index (χ1n) is 6.79. The molecule has 18 heavy (non-hydrogen) atoms. The second-order valence-electron chi connectivity index (χ2n) is 4.41. The molecule has 4 nitrogen and oxygen atoms in total. The third-order valence-corrected chi connectivity index (χ3v) is 3.01. The van der Waals surface area contributed by atoms with E-state index in [0.717, 1.165) is 51.5 Å². The Morgan fingerprint density at radius 1 is 1.39 bits per heavy atom. The maximum atomic E-state index is 5.59. The lowest BCUT2D eigenvalue weighted by atomic mass is 10.2. The molecule has 1 aromatic rings. The summed E-state index contributed by atoms with van der Waals surface area (Å²) < 4.78 is 10.7. The number of nitrogens with zero attached hydrogens (tertiary/aromatic N) is 1. The smallest absolute Gasteiger partial charge is 0.122 e. The maximum absolute atomic E-state index is 5.59. The minimum absolute atomic E-state index is 0.762. The lowest BCUT2D eigenvalue weighted by molar-refractivity contribution is 0.142. The van der Waals surface area contributed by atoms with E-state index < -0.39 is 0 Å². The van der Waals surface area contributed by atoms with Crippen molar-refractivity contribution in [3.63, 3.8) is 0 Å². The molecule has 0 aliphatic carbocycles. The van der Waals surface area contributed by atoms with Crippen LogP contribution in [0.1, 0.15) is 31.6 Å². The molecule has 104 valence electrons. The van der Waals surface area contributed by atoms with Gasteiger partial charge in [-0.3, -0.25) is 4.90 Å². The van der Waals surface area contributed by atoms with Crippen LogP contribution in [0, 0.1) is 0 Å². The van der Waals surface area contributed by atoms with Crippen LogP contribution in [-0.2, 0) is 17.8 Å². The van der Waals surface area contributed by atoms with Gasteiger partial charge in [-0.15, -0.1) is 0 Å². The molecule has 0 saturated carbocycles. The van der Waals surface area contributed by atoms with E-state index in [1.165, 1.54) is 5.56 Å². The number of methoxy groups -OCH3 is 1. The van der Waals surface area contributed by atoms with Gasteiger partial charge in [0.15, 0.2) is 0 Å². The summed E-state index contributed by atoms with van der Waals surface area (Å²) in [7, 11) is 1.74. The first-order chi connectivity index (χ1) is 8.81. The number of ether oxygens (including phenoxy) is 1. The van der Waals surface area contributed by atoms with Crippen molar-refractivity contribution in [3.8, 4) is 0 Å². The predicted molar refractivity (Wildman–Crippen MR) is 73.5 cm³/mol. The van der Waals surface area contributed by atoms with Crippen molar-refractivity contribution >= 4 is 0 Å². The molecule has 0 bridgehead atoms. The van der Waals surface area contributed by atoms with Crippen LogP contribution < -0.4 is 5.32 Å². The molecule has 0 fully saturated rings. The van der Waals surface area contributed by atoms with Crippen LogP contribution in [0.5, 0.6) is 0 Å². The van der Waals surface area contributed by atoms with Crippen LogP contribution in [0.2, 0.25) is 0 Å². The lowest BCUT2D eigenvalue weighted by Crippen LogP contribution is -2.27. The van der Waals surface area contributed by atoms with E-state index >= 15 is 0 Å². The van der Waals surface area contributed by atoms with Crippen molar-refractivity contribution in [3.05, 3.63) is 23.7 Å². The summed E-state index contributed by atoms with van der Waals surface area (Å²) in [5, 5.41) is 3.41. The number of nitrogens with one attached hydrogen (secondary N) is 1. The van der Waals surface area contributed by atoms with Gasteiger partial charge in [0.25, 0.3) is 0 Å². The van der Waals surface area contributed by atoms with Gasteiger partial charge in [0, 0.05) is 25.8 Å². The number of rotatable bonds is 10. The van der Waals surface area contributed by atoms with Gasteiger partial charge >= 0.3 is 0 Å². The number of hydrogen-bond donors (Lipinski definition) is 1. The Morgan fingerprint density at radius 3 is 2.89 bits per heavy atom. The largest absolute Gasteiger partial charge is 0.468 e. The number of likely N-dealkylation sites (N-methyl/N-ethyl adjacent to an activating group) is 1. The Kier molecular flexibility index (Phi) is 7.73.